The molecule has 0 fully saturated rings. The first-order chi connectivity index (χ1) is 24.8. The average molecular weight is 659 g/mol. The molecule has 3 nitrogen and oxygen atoms in total. The Hall–Kier alpha value is -6.06. The number of benzene rings is 7. The fraction of sp³-hybridized carbons (Fsp3) is 0.125. The number of furan rings is 1. The molecule has 0 spiro atoms. The van der Waals surface area contributed by atoms with E-state index in [1.807, 2.05) is 6.07 Å². The van der Waals surface area contributed by atoms with E-state index in [0.717, 1.165) is 56.1 Å². The third-order valence-electron chi connectivity index (χ3n) is 11.4. The monoisotopic (exact) mass is 658 g/mol. The van der Waals surface area contributed by atoms with Crippen molar-refractivity contribution in [2.45, 2.75) is 38.5 Å². The van der Waals surface area contributed by atoms with Crippen molar-refractivity contribution in [3.63, 3.8) is 0 Å². The van der Waals surface area contributed by atoms with Crippen molar-refractivity contribution in [2.75, 3.05) is 9.80 Å². The minimum Gasteiger partial charge on any atom is -0.454 e. The van der Waals surface area contributed by atoms with Crippen LogP contribution in [-0.2, 0) is 10.8 Å². The van der Waals surface area contributed by atoms with Crippen LogP contribution in [0.4, 0.5) is 34.1 Å². The van der Waals surface area contributed by atoms with E-state index < -0.39 is 0 Å². The standard InChI is InChI=1S/C48H38N2O/c1-47(2)39-21-13-11-19-35(39)36-25-23-33(29-41(36)47)49(31-15-7-5-8-16-31)34-24-28-43-42(30-34)48(3,4)40-27-26-38-37-20-12-14-22-44(37)51-46(38)45(40)50(43)32-17-9-6-10-18-32/h5-30H,1-4H3. The van der Waals surface area contributed by atoms with Crippen LogP contribution in [-0.4, -0.2) is 0 Å². The summed E-state index contributed by atoms with van der Waals surface area (Å²) in [6, 6.07) is 57.3. The average Bonchev–Trinajstić information content (AvgIpc) is 3.65. The van der Waals surface area contributed by atoms with E-state index in [0.29, 0.717) is 0 Å². The van der Waals surface area contributed by atoms with E-state index in [1.165, 1.54) is 33.4 Å². The van der Waals surface area contributed by atoms with E-state index in [-0.39, 0.29) is 10.8 Å². The van der Waals surface area contributed by atoms with Crippen LogP contribution in [0.15, 0.2) is 162 Å². The van der Waals surface area contributed by atoms with E-state index in [9.17, 15) is 0 Å². The molecule has 1 aromatic heterocycles. The smallest absolute Gasteiger partial charge is 0.159 e. The Kier molecular flexibility index (Phi) is 6.27. The first-order valence-electron chi connectivity index (χ1n) is 17.9. The summed E-state index contributed by atoms with van der Waals surface area (Å²) >= 11 is 0. The second-order valence-corrected chi connectivity index (χ2v) is 15.0. The quantitative estimate of drug-likeness (QED) is 0.188. The van der Waals surface area contributed by atoms with Crippen molar-refractivity contribution in [2.24, 2.45) is 0 Å². The molecule has 2 aliphatic rings. The van der Waals surface area contributed by atoms with Crippen LogP contribution in [0.2, 0.25) is 0 Å². The zero-order chi connectivity index (χ0) is 34.5. The van der Waals surface area contributed by atoms with Gasteiger partial charge >= 0.3 is 0 Å². The van der Waals surface area contributed by atoms with Crippen LogP contribution in [0.5, 0.6) is 0 Å². The third-order valence-corrected chi connectivity index (χ3v) is 11.4. The molecule has 3 heteroatoms. The van der Waals surface area contributed by atoms with Crippen LogP contribution in [0, 0.1) is 0 Å². The number of nitrogens with zero attached hydrogens (tertiary/aromatic N) is 2. The second-order valence-electron chi connectivity index (χ2n) is 15.0. The van der Waals surface area contributed by atoms with Gasteiger partial charge in [-0.2, -0.15) is 0 Å². The van der Waals surface area contributed by atoms with Gasteiger partial charge in [-0.15, -0.1) is 0 Å². The zero-order valence-electron chi connectivity index (χ0n) is 29.3. The van der Waals surface area contributed by atoms with Crippen LogP contribution >= 0.6 is 0 Å². The molecule has 8 aromatic rings. The molecule has 1 aliphatic heterocycles. The molecule has 0 saturated carbocycles. The van der Waals surface area contributed by atoms with Crippen molar-refractivity contribution in [3.05, 3.63) is 180 Å². The van der Waals surface area contributed by atoms with Gasteiger partial charge < -0.3 is 14.2 Å². The van der Waals surface area contributed by atoms with E-state index in [1.54, 1.807) is 0 Å². The first kappa shape index (κ1) is 29.8. The summed E-state index contributed by atoms with van der Waals surface area (Å²) in [7, 11) is 0. The Balaban J connectivity index is 1.19. The molecule has 1 aliphatic carbocycles. The first-order valence-corrected chi connectivity index (χ1v) is 17.9. The largest absolute Gasteiger partial charge is 0.454 e. The fourth-order valence-corrected chi connectivity index (χ4v) is 8.83. The van der Waals surface area contributed by atoms with Crippen LogP contribution < -0.4 is 9.80 Å². The van der Waals surface area contributed by atoms with Crippen molar-refractivity contribution in [3.8, 4) is 11.1 Å². The predicted octanol–water partition coefficient (Wildman–Crippen LogP) is 13.5. The summed E-state index contributed by atoms with van der Waals surface area (Å²) in [4.78, 5) is 4.83. The summed E-state index contributed by atoms with van der Waals surface area (Å²) in [5.74, 6) is 0. The molecule has 51 heavy (non-hydrogen) atoms. The van der Waals surface area contributed by atoms with Gasteiger partial charge in [0.1, 0.15) is 5.58 Å². The van der Waals surface area contributed by atoms with Crippen molar-refractivity contribution in [1.29, 1.82) is 0 Å². The maximum absolute atomic E-state index is 6.72. The van der Waals surface area contributed by atoms with Gasteiger partial charge in [-0.1, -0.05) is 125 Å². The van der Waals surface area contributed by atoms with Crippen LogP contribution in [0.1, 0.15) is 49.9 Å². The van der Waals surface area contributed by atoms with Gasteiger partial charge in [-0.05, 0) is 94.0 Å². The van der Waals surface area contributed by atoms with Gasteiger partial charge in [-0.25, -0.2) is 0 Å². The number of para-hydroxylation sites is 3. The van der Waals surface area contributed by atoms with E-state index in [4.69, 9.17) is 4.42 Å². The summed E-state index contributed by atoms with van der Waals surface area (Å²) in [6.07, 6.45) is 0. The lowest BCUT2D eigenvalue weighted by atomic mass is 9.73. The Morgan fingerprint density at radius 2 is 1.10 bits per heavy atom. The van der Waals surface area contributed by atoms with Gasteiger partial charge in [0.2, 0.25) is 0 Å². The number of rotatable bonds is 4. The number of hydrogen-bond acceptors (Lipinski definition) is 3. The second kappa shape index (κ2) is 10.7. The van der Waals surface area contributed by atoms with Gasteiger partial charge in [0.25, 0.3) is 0 Å². The molecular weight excluding hydrogens is 621 g/mol. The molecule has 0 atom stereocenters. The lowest BCUT2D eigenvalue weighted by Crippen LogP contribution is -2.31. The Morgan fingerprint density at radius 1 is 0.471 bits per heavy atom. The lowest BCUT2D eigenvalue weighted by Gasteiger charge is -2.42. The van der Waals surface area contributed by atoms with Gasteiger partial charge in [0, 0.05) is 44.4 Å². The highest BCUT2D eigenvalue weighted by Gasteiger charge is 2.40. The Labute approximate surface area is 299 Å². The van der Waals surface area contributed by atoms with Crippen LogP contribution in [0.3, 0.4) is 0 Å². The minimum absolute atomic E-state index is 0.0932. The molecule has 0 radical (unpaired) electrons. The Bertz CT molecular complexity index is 2650. The molecule has 2 heterocycles. The topological polar surface area (TPSA) is 19.6 Å². The van der Waals surface area contributed by atoms with E-state index >= 15 is 0 Å². The summed E-state index contributed by atoms with van der Waals surface area (Å²) in [5, 5.41) is 2.28. The van der Waals surface area contributed by atoms with Crippen molar-refractivity contribution < 1.29 is 4.42 Å². The minimum atomic E-state index is -0.316. The molecule has 0 amide bonds. The molecule has 0 N–H and O–H groups in total. The highest BCUT2D eigenvalue weighted by molar-refractivity contribution is 6.12. The highest BCUT2D eigenvalue weighted by Crippen LogP contribution is 2.57. The normalized spacial score (nSPS) is 14.9. The lowest BCUT2D eigenvalue weighted by molar-refractivity contribution is 0.624. The zero-order valence-corrected chi connectivity index (χ0v) is 29.3. The van der Waals surface area contributed by atoms with Crippen molar-refractivity contribution >= 4 is 56.1 Å². The molecule has 0 unspecified atom stereocenters. The summed E-state index contributed by atoms with van der Waals surface area (Å²) in [6.45, 7) is 9.41. The number of fused-ring (bicyclic) bond motifs is 9. The molecule has 10 rings (SSSR count). The molecular formula is C48H38N2O. The number of anilines is 6. The maximum Gasteiger partial charge on any atom is 0.159 e. The Morgan fingerprint density at radius 3 is 1.90 bits per heavy atom. The van der Waals surface area contributed by atoms with Crippen LogP contribution in [0.25, 0.3) is 33.1 Å². The molecule has 246 valence electrons. The SMILES string of the molecule is CC1(C)c2ccccc2-c2ccc(N(c3ccccc3)c3ccc4c(c3)C(C)(C)c3ccc5c(oc6ccccc65)c3N4c3ccccc3)cc21. The maximum atomic E-state index is 6.72. The molecule has 0 saturated heterocycles. The van der Waals surface area contributed by atoms with E-state index in [2.05, 4.69) is 189 Å². The fourth-order valence-electron chi connectivity index (χ4n) is 8.83. The highest BCUT2D eigenvalue weighted by atomic mass is 16.3. The molecule has 0 bridgehead atoms. The molecule has 7 aromatic carbocycles. The van der Waals surface area contributed by atoms with Gasteiger partial charge in [-0.3, -0.25) is 0 Å². The summed E-state index contributed by atoms with van der Waals surface area (Å²) < 4.78 is 6.72. The van der Waals surface area contributed by atoms with Gasteiger partial charge in [0.05, 0.1) is 11.4 Å². The third kappa shape index (κ3) is 4.24. The number of hydrogen-bond donors (Lipinski definition) is 0. The van der Waals surface area contributed by atoms with Gasteiger partial charge in [0.15, 0.2) is 5.58 Å². The summed E-state index contributed by atoms with van der Waals surface area (Å²) in [5.41, 5.74) is 16.1. The predicted molar refractivity (Wildman–Crippen MR) is 213 cm³/mol. The van der Waals surface area contributed by atoms with Crippen molar-refractivity contribution in [1.82, 2.24) is 0 Å².